The van der Waals surface area contributed by atoms with Crippen LogP contribution in [0.15, 0.2) is 42.2 Å². The summed E-state index contributed by atoms with van der Waals surface area (Å²) in [6.07, 6.45) is -3.31. The fraction of sp³-hybridized carbons (Fsp3) is 0.353. The lowest BCUT2D eigenvalue weighted by Crippen LogP contribution is -2.14. The number of nitrogens with one attached hydrogen (secondary N) is 1. The van der Waals surface area contributed by atoms with Crippen molar-refractivity contribution in [3.63, 3.8) is 0 Å². The summed E-state index contributed by atoms with van der Waals surface area (Å²) in [5, 5.41) is 2.95. The van der Waals surface area contributed by atoms with Crippen LogP contribution in [0, 0.1) is 0 Å². The van der Waals surface area contributed by atoms with E-state index in [1.54, 1.807) is 18.7 Å². The van der Waals surface area contributed by atoms with E-state index in [1.165, 1.54) is 18.4 Å². The highest BCUT2D eigenvalue weighted by Crippen LogP contribution is 2.35. The third kappa shape index (κ3) is 4.72. The second-order valence-corrected chi connectivity index (χ2v) is 6.24. The first-order chi connectivity index (χ1) is 11.9. The van der Waals surface area contributed by atoms with Gasteiger partial charge in [-0.25, -0.2) is 0 Å². The Kier molecular flexibility index (Phi) is 6.41. The average Bonchev–Trinajstić information content (AvgIpc) is 2.88. The second kappa shape index (κ2) is 8.33. The molecule has 0 aliphatic carbocycles. The van der Waals surface area contributed by atoms with Gasteiger partial charge in [-0.05, 0) is 30.4 Å². The van der Waals surface area contributed by atoms with Crippen molar-refractivity contribution in [1.29, 1.82) is 0 Å². The summed E-state index contributed by atoms with van der Waals surface area (Å²) in [5.74, 6) is 0.865. The number of Topliss-reactive ketones (excluding diaryl/α,β-unsaturated/α-hetero) is 1. The summed E-state index contributed by atoms with van der Waals surface area (Å²) in [7, 11) is 0. The highest BCUT2D eigenvalue weighted by atomic mass is 32.2. The molecule has 0 saturated heterocycles. The number of carbonyl (C=O) groups excluding carboxylic acids is 1. The molecule has 0 fully saturated rings. The van der Waals surface area contributed by atoms with E-state index >= 15 is 0 Å². The van der Waals surface area contributed by atoms with Gasteiger partial charge in [0.05, 0.1) is 23.6 Å². The zero-order valence-electron chi connectivity index (χ0n) is 13.8. The van der Waals surface area contributed by atoms with Crippen LogP contribution in [-0.2, 0) is 20.4 Å². The molecule has 4 nitrogen and oxygen atoms in total. The minimum Gasteiger partial charge on any atom is -0.497 e. The van der Waals surface area contributed by atoms with Crippen LogP contribution < -0.4 is 5.32 Å². The molecule has 1 aliphatic heterocycles. The number of allylic oxidation sites excluding steroid dienone is 1. The molecule has 1 aromatic carbocycles. The van der Waals surface area contributed by atoms with Gasteiger partial charge in [0.25, 0.3) is 0 Å². The molecule has 0 bridgehead atoms. The first-order valence-corrected chi connectivity index (χ1v) is 8.81. The van der Waals surface area contributed by atoms with E-state index < -0.39 is 17.5 Å². The molecule has 0 saturated carbocycles. The van der Waals surface area contributed by atoms with Crippen molar-refractivity contribution >= 4 is 23.1 Å². The van der Waals surface area contributed by atoms with Crippen LogP contribution in [0.4, 0.5) is 13.2 Å². The largest absolute Gasteiger partial charge is 0.497 e. The van der Waals surface area contributed by atoms with Crippen LogP contribution in [0.2, 0.25) is 0 Å². The summed E-state index contributed by atoms with van der Waals surface area (Å²) in [5.41, 5.74) is -0.618. The van der Waals surface area contributed by atoms with Crippen LogP contribution in [0.25, 0.3) is 5.57 Å². The highest BCUT2D eigenvalue weighted by molar-refractivity contribution is 7.99. The molecule has 1 N–H and O–H groups in total. The van der Waals surface area contributed by atoms with Crippen LogP contribution in [0.3, 0.4) is 0 Å². The lowest BCUT2D eigenvalue weighted by Gasteiger charge is -2.10. The Morgan fingerprint density at radius 3 is 2.72 bits per heavy atom. The Morgan fingerprint density at radius 1 is 1.32 bits per heavy atom. The molecule has 0 spiro atoms. The summed E-state index contributed by atoms with van der Waals surface area (Å²) in [6, 6.07) is 4.61. The lowest BCUT2D eigenvalue weighted by molar-refractivity contribution is -0.137. The molecule has 0 unspecified atom stereocenters. The number of halogens is 3. The number of thioether (sulfide) groups is 1. The monoisotopic (exact) mass is 373 g/mol. The zero-order valence-corrected chi connectivity index (χ0v) is 14.6. The van der Waals surface area contributed by atoms with Crippen molar-refractivity contribution in [2.24, 2.45) is 0 Å². The summed E-state index contributed by atoms with van der Waals surface area (Å²) < 4.78 is 49.4. The Morgan fingerprint density at radius 2 is 2.08 bits per heavy atom. The van der Waals surface area contributed by atoms with Gasteiger partial charge in [-0.2, -0.15) is 13.2 Å². The van der Waals surface area contributed by atoms with Crippen LogP contribution in [-0.4, -0.2) is 24.0 Å². The number of alkyl halides is 3. The normalized spacial score (nSPS) is 16.4. The quantitative estimate of drug-likeness (QED) is 0.337. The smallest absolute Gasteiger partial charge is 0.416 e. The zero-order chi connectivity index (χ0) is 18.4. The Hall–Kier alpha value is -2.09. The van der Waals surface area contributed by atoms with Crippen molar-refractivity contribution < 1.29 is 27.4 Å². The molecule has 25 heavy (non-hydrogen) atoms. The molecule has 0 amide bonds. The molecular formula is C17H18F3NO3S. The number of benzene rings is 1. The maximum atomic E-state index is 13.0. The number of hydrogen-bond acceptors (Lipinski definition) is 5. The summed E-state index contributed by atoms with van der Waals surface area (Å²) >= 11 is 1.55. The molecule has 0 atom stereocenters. The van der Waals surface area contributed by atoms with Gasteiger partial charge in [-0.3, -0.25) is 4.79 Å². The van der Waals surface area contributed by atoms with Gasteiger partial charge in [0, 0.05) is 0 Å². The Labute approximate surface area is 148 Å². The number of rotatable bonds is 7. The second-order valence-electron chi connectivity index (χ2n) is 4.97. The van der Waals surface area contributed by atoms with E-state index in [2.05, 4.69) is 5.32 Å². The van der Waals surface area contributed by atoms with Gasteiger partial charge < -0.3 is 14.8 Å². The predicted molar refractivity (Wildman–Crippen MR) is 90.3 cm³/mol. The Balaban J connectivity index is 2.40. The number of ether oxygens (including phenoxy) is 2. The fourth-order valence-electron chi connectivity index (χ4n) is 2.13. The molecular weight excluding hydrogens is 355 g/mol. The molecule has 136 valence electrons. The van der Waals surface area contributed by atoms with Crippen LogP contribution >= 0.6 is 11.8 Å². The highest BCUT2D eigenvalue weighted by Gasteiger charge is 2.35. The maximum absolute atomic E-state index is 13.0. The topological polar surface area (TPSA) is 47.6 Å². The van der Waals surface area contributed by atoms with E-state index in [0.29, 0.717) is 12.5 Å². The van der Waals surface area contributed by atoms with Crippen molar-refractivity contribution in [3.8, 4) is 0 Å². The Bertz CT molecular complexity index is 699. The third-order valence-corrected chi connectivity index (χ3v) is 4.02. The molecule has 1 aromatic rings. The average molecular weight is 373 g/mol. The molecule has 1 heterocycles. The van der Waals surface area contributed by atoms with Crippen LogP contribution in [0.5, 0.6) is 0 Å². The van der Waals surface area contributed by atoms with Gasteiger partial charge in [-0.15, -0.1) is 11.8 Å². The van der Waals surface area contributed by atoms with Crippen molar-refractivity contribution in [3.05, 3.63) is 53.3 Å². The van der Waals surface area contributed by atoms with E-state index in [9.17, 15) is 18.0 Å². The molecule has 8 heteroatoms. The summed E-state index contributed by atoms with van der Waals surface area (Å²) in [4.78, 5) is 12.6. The standard InChI is InChI=1S/C17H18F3NO3S/c1-3-23-9-13-15(22)14(16(24-13)21-10-25-4-2)11-6-5-7-12(8-11)17(18,19)20/h5-9,21H,3-4,10H2,1-2H3. The van der Waals surface area contributed by atoms with E-state index in [-0.39, 0.29) is 22.8 Å². The van der Waals surface area contributed by atoms with Crippen molar-refractivity contribution in [1.82, 2.24) is 5.32 Å². The molecule has 0 radical (unpaired) electrons. The van der Waals surface area contributed by atoms with Gasteiger partial charge in [0.2, 0.25) is 17.4 Å². The minimum absolute atomic E-state index is 0.0572. The van der Waals surface area contributed by atoms with E-state index in [1.807, 2.05) is 6.92 Å². The fourth-order valence-corrected chi connectivity index (χ4v) is 2.56. The summed E-state index contributed by atoms with van der Waals surface area (Å²) in [6.45, 7) is 4.05. The van der Waals surface area contributed by atoms with E-state index in [4.69, 9.17) is 9.47 Å². The number of hydrogen-bond donors (Lipinski definition) is 1. The van der Waals surface area contributed by atoms with Gasteiger partial charge in [0.1, 0.15) is 6.26 Å². The van der Waals surface area contributed by atoms with Crippen molar-refractivity contribution in [2.45, 2.75) is 20.0 Å². The van der Waals surface area contributed by atoms with Gasteiger partial charge in [-0.1, -0.05) is 19.1 Å². The first-order valence-electron chi connectivity index (χ1n) is 7.66. The number of carbonyl (C=O) groups is 1. The van der Waals surface area contributed by atoms with Crippen LogP contribution in [0.1, 0.15) is 25.0 Å². The predicted octanol–water partition coefficient (Wildman–Crippen LogP) is 4.15. The minimum atomic E-state index is -4.49. The SMILES string of the molecule is CCOC=C1OC(NCSCC)=C(c2cccc(C(F)(F)F)c2)C1=O. The molecule has 2 rings (SSSR count). The van der Waals surface area contributed by atoms with Crippen molar-refractivity contribution in [2.75, 3.05) is 18.2 Å². The lowest BCUT2D eigenvalue weighted by atomic mass is 10.00. The third-order valence-electron chi connectivity index (χ3n) is 3.26. The maximum Gasteiger partial charge on any atom is 0.416 e. The van der Waals surface area contributed by atoms with E-state index in [0.717, 1.165) is 17.9 Å². The molecule has 0 aromatic heterocycles. The number of ketones is 1. The van der Waals surface area contributed by atoms with Gasteiger partial charge >= 0.3 is 6.18 Å². The first kappa shape index (κ1) is 19.2. The molecule has 1 aliphatic rings. The van der Waals surface area contributed by atoms with Gasteiger partial charge in [0.15, 0.2) is 0 Å².